The standard InChI is InChI=1S/C20H32N2O4/c1-14(2)17(18(23)25-7)22(6)13-12-15-8-10-16(11-9-15)21-19(24)26-20(3,4)5/h8-11,14,17H,12-13H2,1-7H3,(H,21,24)/t17-/m0/s1. The number of benzene rings is 1. The summed E-state index contributed by atoms with van der Waals surface area (Å²) in [5, 5.41) is 2.71. The maximum atomic E-state index is 11.9. The Morgan fingerprint density at radius 2 is 1.73 bits per heavy atom. The highest BCUT2D eigenvalue weighted by atomic mass is 16.6. The zero-order chi connectivity index (χ0) is 19.9. The molecule has 0 saturated carbocycles. The summed E-state index contributed by atoms with van der Waals surface area (Å²) < 4.78 is 10.1. The first kappa shape index (κ1) is 22.0. The van der Waals surface area contributed by atoms with Gasteiger partial charge in [-0.2, -0.15) is 0 Å². The fourth-order valence-electron chi connectivity index (χ4n) is 2.70. The van der Waals surface area contributed by atoms with Gasteiger partial charge in [0.2, 0.25) is 0 Å². The van der Waals surface area contributed by atoms with Crippen LogP contribution in [0.1, 0.15) is 40.2 Å². The Balaban J connectivity index is 2.59. The van der Waals surface area contributed by atoms with E-state index in [0.717, 1.165) is 18.5 Å². The minimum Gasteiger partial charge on any atom is -0.468 e. The molecule has 26 heavy (non-hydrogen) atoms. The van der Waals surface area contributed by atoms with E-state index < -0.39 is 11.7 Å². The summed E-state index contributed by atoms with van der Waals surface area (Å²) in [5.74, 6) is -0.0349. The van der Waals surface area contributed by atoms with Crippen molar-refractivity contribution in [3.8, 4) is 0 Å². The number of carbonyl (C=O) groups is 2. The summed E-state index contributed by atoms with van der Waals surface area (Å²) in [7, 11) is 3.35. The van der Waals surface area contributed by atoms with E-state index in [0.29, 0.717) is 5.69 Å². The van der Waals surface area contributed by atoms with Crippen molar-refractivity contribution in [1.29, 1.82) is 0 Å². The van der Waals surface area contributed by atoms with Crippen LogP contribution in [0.2, 0.25) is 0 Å². The molecule has 0 aliphatic rings. The third-order valence-corrected chi connectivity index (χ3v) is 3.90. The summed E-state index contributed by atoms with van der Waals surface area (Å²) >= 11 is 0. The van der Waals surface area contributed by atoms with Crippen molar-refractivity contribution >= 4 is 17.7 Å². The van der Waals surface area contributed by atoms with Gasteiger partial charge in [-0.1, -0.05) is 26.0 Å². The number of hydrogen-bond acceptors (Lipinski definition) is 5. The minimum atomic E-state index is -0.527. The van der Waals surface area contributed by atoms with Gasteiger partial charge < -0.3 is 9.47 Å². The molecule has 0 saturated heterocycles. The Labute approximate surface area is 156 Å². The average molecular weight is 364 g/mol. The number of ether oxygens (including phenoxy) is 2. The third-order valence-electron chi connectivity index (χ3n) is 3.90. The number of methoxy groups -OCH3 is 1. The number of nitrogens with one attached hydrogen (secondary N) is 1. The van der Waals surface area contributed by atoms with E-state index in [-0.39, 0.29) is 17.9 Å². The summed E-state index contributed by atoms with van der Waals surface area (Å²) in [4.78, 5) is 25.7. The Kier molecular flexibility index (Phi) is 8.08. The van der Waals surface area contributed by atoms with E-state index in [4.69, 9.17) is 9.47 Å². The van der Waals surface area contributed by atoms with Crippen molar-refractivity contribution in [3.63, 3.8) is 0 Å². The van der Waals surface area contributed by atoms with Gasteiger partial charge in [-0.15, -0.1) is 0 Å². The van der Waals surface area contributed by atoms with Crippen molar-refractivity contribution < 1.29 is 19.1 Å². The summed E-state index contributed by atoms with van der Waals surface area (Å²) in [6, 6.07) is 7.36. The lowest BCUT2D eigenvalue weighted by molar-refractivity contribution is -0.148. The van der Waals surface area contributed by atoms with Gasteiger partial charge in [-0.25, -0.2) is 4.79 Å². The van der Waals surface area contributed by atoms with E-state index in [1.165, 1.54) is 7.11 Å². The van der Waals surface area contributed by atoms with Crippen molar-refractivity contribution in [3.05, 3.63) is 29.8 Å². The van der Waals surface area contributed by atoms with Crippen molar-refractivity contribution in [2.75, 3.05) is 26.0 Å². The molecule has 6 nitrogen and oxygen atoms in total. The molecule has 0 radical (unpaired) electrons. The lowest BCUT2D eigenvalue weighted by atomic mass is 10.0. The molecule has 1 amide bonds. The van der Waals surface area contributed by atoms with Crippen molar-refractivity contribution in [1.82, 2.24) is 4.90 Å². The van der Waals surface area contributed by atoms with Crippen LogP contribution >= 0.6 is 0 Å². The van der Waals surface area contributed by atoms with E-state index in [2.05, 4.69) is 5.32 Å². The van der Waals surface area contributed by atoms with Gasteiger partial charge in [-0.3, -0.25) is 15.0 Å². The SMILES string of the molecule is COC(=O)[C@H](C(C)C)N(C)CCc1ccc(NC(=O)OC(C)(C)C)cc1. The Morgan fingerprint density at radius 1 is 1.15 bits per heavy atom. The van der Waals surface area contributed by atoms with Gasteiger partial charge in [0.05, 0.1) is 7.11 Å². The Morgan fingerprint density at radius 3 is 2.19 bits per heavy atom. The first-order valence-corrected chi connectivity index (χ1v) is 8.90. The summed E-state index contributed by atoms with van der Waals surface area (Å²) in [6.07, 6.45) is 0.325. The predicted octanol–water partition coefficient (Wildman–Crippen LogP) is 3.71. The largest absolute Gasteiger partial charge is 0.468 e. The number of amides is 1. The van der Waals surface area contributed by atoms with Crippen molar-refractivity contribution in [2.45, 2.75) is 52.7 Å². The second-order valence-corrected chi connectivity index (χ2v) is 7.77. The monoisotopic (exact) mass is 364 g/mol. The van der Waals surface area contributed by atoms with Gasteiger partial charge >= 0.3 is 12.1 Å². The number of anilines is 1. The van der Waals surface area contributed by atoms with Crippen LogP contribution < -0.4 is 5.32 Å². The normalized spacial score (nSPS) is 12.8. The van der Waals surface area contributed by atoms with E-state index in [1.54, 1.807) is 0 Å². The Bertz CT molecular complexity index is 591. The maximum absolute atomic E-state index is 11.9. The molecule has 0 heterocycles. The van der Waals surface area contributed by atoms with Crippen LogP contribution in [0.5, 0.6) is 0 Å². The molecule has 1 aromatic carbocycles. The molecule has 0 fully saturated rings. The highest BCUT2D eigenvalue weighted by Crippen LogP contribution is 2.15. The number of esters is 1. The molecule has 0 unspecified atom stereocenters. The fraction of sp³-hybridized carbons (Fsp3) is 0.600. The first-order chi connectivity index (χ1) is 12.0. The lowest BCUT2D eigenvalue weighted by Gasteiger charge is -2.28. The third kappa shape index (κ3) is 7.44. The second kappa shape index (κ2) is 9.57. The molecule has 0 bridgehead atoms. The van der Waals surface area contributed by atoms with Crippen LogP contribution in [0, 0.1) is 5.92 Å². The molecule has 1 atom stereocenters. The van der Waals surface area contributed by atoms with Crippen LogP contribution in [-0.4, -0.2) is 49.3 Å². The van der Waals surface area contributed by atoms with Crippen LogP contribution in [0.4, 0.5) is 10.5 Å². The molecule has 0 aliphatic heterocycles. The van der Waals surface area contributed by atoms with Gasteiger partial charge in [-0.05, 0) is 57.9 Å². The topological polar surface area (TPSA) is 67.9 Å². The molecular formula is C20H32N2O4. The van der Waals surface area contributed by atoms with Crippen LogP contribution in [0.3, 0.4) is 0 Å². The fourth-order valence-corrected chi connectivity index (χ4v) is 2.70. The number of nitrogens with zero attached hydrogens (tertiary/aromatic N) is 1. The van der Waals surface area contributed by atoms with Gasteiger partial charge in [0.15, 0.2) is 0 Å². The molecule has 1 N–H and O–H groups in total. The van der Waals surface area contributed by atoms with E-state index in [1.807, 2.05) is 70.8 Å². The number of carbonyl (C=O) groups excluding carboxylic acids is 2. The smallest absolute Gasteiger partial charge is 0.412 e. The first-order valence-electron chi connectivity index (χ1n) is 8.90. The second-order valence-electron chi connectivity index (χ2n) is 7.77. The van der Waals surface area contributed by atoms with Gasteiger partial charge in [0.1, 0.15) is 11.6 Å². The predicted molar refractivity (Wildman–Crippen MR) is 103 cm³/mol. The molecule has 0 aromatic heterocycles. The lowest BCUT2D eigenvalue weighted by Crippen LogP contribution is -2.44. The highest BCUT2D eigenvalue weighted by Gasteiger charge is 2.27. The molecular weight excluding hydrogens is 332 g/mol. The quantitative estimate of drug-likeness (QED) is 0.747. The molecule has 1 rings (SSSR count). The molecule has 1 aromatic rings. The molecule has 6 heteroatoms. The van der Waals surface area contributed by atoms with Gasteiger partial charge in [0, 0.05) is 12.2 Å². The minimum absolute atomic E-state index is 0.174. The summed E-state index contributed by atoms with van der Waals surface area (Å²) in [6.45, 7) is 10.2. The van der Waals surface area contributed by atoms with Crippen LogP contribution in [0.25, 0.3) is 0 Å². The van der Waals surface area contributed by atoms with Crippen LogP contribution in [0.15, 0.2) is 24.3 Å². The number of likely N-dealkylation sites (N-methyl/N-ethyl adjacent to an activating group) is 1. The molecule has 0 spiro atoms. The molecule has 146 valence electrons. The van der Waals surface area contributed by atoms with E-state index >= 15 is 0 Å². The summed E-state index contributed by atoms with van der Waals surface area (Å²) in [5.41, 5.74) is 1.28. The van der Waals surface area contributed by atoms with Crippen molar-refractivity contribution in [2.24, 2.45) is 5.92 Å². The van der Waals surface area contributed by atoms with Gasteiger partial charge in [0.25, 0.3) is 0 Å². The number of hydrogen-bond donors (Lipinski definition) is 1. The zero-order valence-electron chi connectivity index (χ0n) is 17.0. The average Bonchev–Trinajstić information content (AvgIpc) is 2.52. The highest BCUT2D eigenvalue weighted by molar-refractivity contribution is 5.84. The molecule has 0 aliphatic carbocycles. The zero-order valence-corrected chi connectivity index (χ0v) is 17.0. The van der Waals surface area contributed by atoms with Crippen LogP contribution in [-0.2, 0) is 20.7 Å². The Hall–Kier alpha value is -2.08. The number of rotatable bonds is 7. The van der Waals surface area contributed by atoms with E-state index in [9.17, 15) is 9.59 Å². The maximum Gasteiger partial charge on any atom is 0.412 e.